The molecule has 0 aliphatic heterocycles. The van der Waals surface area contributed by atoms with Gasteiger partial charge in [0, 0.05) is 12.4 Å². The molecule has 27 heavy (non-hydrogen) atoms. The van der Waals surface area contributed by atoms with Crippen molar-refractivity contribution in [2.75, 3.05) is 11.9 Å². The summed E-state index contributed by atoms with van der Waals surface area (Å²) in [6.07, 6.45) is 4.71. The van der Waals surface area contributed by atoms with Gasteiger partial charge in [-0.15, -0.1) is 0 Å². The van der Waals surface area contributed by atoms with E-state index in [9.17, 15) is 14.9 Å². The number of ether oxygens (including phenoxy) is 1. The van der Waals surface area contributed by atoms with Gasteiger partial charge in [0.05, 0.1) is 41.9 Å². The lowest BCUT2D eigenvalue weighted by molar-refractivity contribution is 0.0529. The third kappa shape index (κ3) is 3.48. The predicted octanol–water partition coefficient (Wildman–Crippen LogP) is 2.06. The molecule has 0 aliphatic carbocycles. The number of hydrogen-bond donors (Lipinski definition) is 1. The first-order valence-electron chi connectivity index (χ1n) is 8.32. The quantitative estimate of drug-likeness (QED) is 0.691. The number of fused-ring (bicyclic) bond motifs is 1. The zero-order valence-corrected chi connectivity index (χ0v) is 14.9. The van der Waals surface area contributed by atoms with Crippen molar-refractivity contribution in [2.24, 2.45) is 0 Å². The van der Waals surface area contributed by atoms with Crippen molar-refractivity contribution in [1.82, 2.24) is 14.4 Å². The van der Waals surface area contributed by atoms with E-state index in [1.165, 1.54) is 10.6 Å². The highest BCUT2D eigenvalue weighted by Crippen LogP contribution is 2.24. The number of nitrogens with one attached hydrogen (secondary N) is 1. The van der Waals surface area contributed by atoms with Gasteiger partial charge in [0.15, 0.2) is 0 Å². The van der Waals surface area contributed by atoms with Gasteiger partial charge in [0.1, 0.15) is 17.2 Å². The molecule has 0 saturated carbocycles. The van der Waals surface area contributed by atoms with Gasteiger partial charge in [-0.05, 0) is 26.0 Å². The normalized spacial score (nSPS) is 10.4. The Balaban J connectivity index is 2.17. The number of aryl methyl sites for hydroxylation is 1. The second-order valence-corrected chi connectivity index (χ2v) is 5.72. The first-order valence-corrected chi connectivity index (χ1v) is 8.32. The fourth-order valence-electron chi connectivity index (χ4n) is 2.68. The number of carbonyl (C=O) groups excluding carboxylic acids is 1. The summed E-state index contributed by atoms with van der Waals surface area (Å²) in [5.41, 5.74) is 1.32. The fourth-order valence-corrected chi connectivity index (χ4v) is 2.68. The Morgan fingerprint density at radius 2 is 2.15 bits per heavy atom. The lowest BCUT2D eigenvalue weighted by Crippen LogP contribution is -2.24. The number of nitriles is 1. The van der Waals surface area contributed by atoms with Crippen LogP contribution in [-0.2, 0) is 11.3 Å². The van der Waals surface area contributed by atoms with E-state index in [-0.39, 0.29) is 30.0 Å². The largest absolute Gasteiger partial charge is 0.462 e. The molecule has 136 valence electrons. The van der Waals surface area contributed by atoms with Crippen molar-refractivity contribution < 1.29 is 9.53 Å². The molecular weight excluding hydrogens is 346 g/mol. The molecule has 0 spiro atoms. The van der Waals surface area contributed by atoms with Gasteiger partial charge in [-0.25, -0.2) is 4.79 Å². The maximum Gasteiger partial charge on any atom is 0.342 e. The number of carbonyl (C=O) groups is 1. The molecule has 0 radical (unpaired) electrons. The summed E-state index contributed by atoms with van der Waals surface area (Å²) in [4.78, 5) is 33.7. The van der Waals surface area contributed by atoms with Crippen LogP contribution in [0.5, 0.6) is 0 Å². The van der Waals surface area contributed by atoms with E-state index in [4.69, 9.17) is 4.74 Å². The van der Waals surface area contributed by atoms with Crippen LogP contribution < -0.4 is 10.9 Å². The molecule has 0 aliphatic rings. The smallest absolute Gasteiger partial charge is 0.342 e. The van der Waals surface area contributed by atoms with Gasteiger partial charge in [-0.2, -0.15) is 5.26 Å². The average Bonchev–Trinajstić information content (AvgIpc) is 2.68. The van der Waals surface area contributed by atoms with Crippen molar-refractivity contribution in [2.45, 2.75) is 20.4 Å². The van der Waals surface area contributed by atoms with Gasteiger partial charge in [0.2, 0.25) is 0 Å². The molecule has 3 aromatic rings. The molecule has 0 atom stereocenters. The van der Waals surface area contributed by atoms with Gasteiger partial charge in [0.25, 0.3) is 5.56 Å². The summed E-state index contributed by atoms with van der Waals surface area (Å²) in [5, 5.41) is 12.5. The number of pyridine rings is 2. The Kier molecular flexibility index (Phi) is 5.13. The molecule has 8 nitrogen and oxygen atoms in total. The number of nitrogens with zero attached hydrogens (tertiary/aromatic N) is 4. The lowest BCUT2D eigenvalue weighted by Gasteiger charge is -2.15. The molecule has 0 aromatic carbocycles. The molecule has 8 heteroatoms. The van der Waals surface area contributed by atoms with Crippen LogP contribution in [0.25, 0.3) is 5.52 Å². The Hall–Kier alpha value is -3.73. The number of aromatic nitrogens is 3. The number of hydrogen-bond acceptors (Lipinski definition) is 7. The molecule has 0 saturated heterocycles. The Bertz CT molecular complexity index is 1100. The standard InChI is InChI=1S/C19H17N5O3/c1-3-27-19(26)16-15-6-4-5-7-24(15)18(25)14(8-20)17(16)23-11-13-10-21-12(2)9-22-13/h4-7,9-10,23H,3,11H2,1-2H3. The van der Waals surface area contributed by atoms with Crippen molar-refractivity contribution in [3.05, 3.63) is 69.7 Å². The van der Waals surface area contributed by atoms with E-state index in [1.54, 1.807) is 37.5 Å². The SMILES string of the molecule is CCOC(=O)c1c(NCc2cnc(C)cn2)c(C#N)c(=O)n2ccccc12. The molecule has 3 heterocycles. The molecule has 0 bridgehead atoms. The first kappa shape index (κ1) is 18.1. The van der Waals surface area contributed by atoms with Gasteiger partial charge < -0.3 is 10.1 Å². The van der Waals surface area contributed by atoms with Crippen LogP contribution in [0.15, 0.2) is 41.6 Å². The topological polar surface area (TPSA) is 109 Å². The molecule has 3 rings (SSSR count). The summed E-state index contributed by atoms with van der Waals surface area (Å²) < 4.78 is 6.42. The van der Waals surface area contributed by atoms with E-state index >= 15 is 0 Å². The highest BCUT2D eigenvalue weighted by atomic mass is 16.5. The van der Waals surface area contributed by atoms with Gasteiger partial charge in [-0.1, -0.05) is 6.07 Å². The highest BCUT2D eigenvalue weighted by Gasteiger charge is 2.23. The second-order valence-electron chi connectivity index (χ2n) is 5.72. The summed E-state index contributed by atoms with van der Waals surface area (Å²) in [6.45, 7) is 3.87. The molecule has 0 amide bonds. The minimum atomic E-state index is -0.616. The maximum atomic E-state index is 12.7. The zero-order valence-electron chi connectivity index (χ0n) is 14.9. The first-order chi connectivity index (χ1) is 13.1. The van der Waals surface area contributed by atoms with Crippen molar-refractivity contribution in [3.8, 4) is 6.07 Å². The minimum absolute atomic E-state index is 0.133. The van der Waals surface area contributed by atoms with E-state index in [0.29, 0.717) is 11.2 Å². The van der Waals surface area contributed by atoms with Crippen molar-refractivity contribution >= 4 is 17.2 Å². The zero-order chi connectivity index (χ0) is 19.4. The van der Waals surface area contributed by atoms with E-state index in [2.05, 4.69) is 15.3 Å². The van der Waals surface area contributed by atoms with Crippen LogP contribution in [0.3, 0.4) is 0 Å². The van der Waals surface area contributed by atoms with Gasteiger partial charge >= 0.3 is 5.97 Å². The van der Waals surface area contributed by atoms with Crippen LogP contribution in [0.1, 0.15) is 34.2 Å². The monoisotopic (exact) mass is 363 g/mol. The molecule has 0 unspecified atom stereocenters. The van der Waals surface area contributed by atoms with Crippen LogP contribution in [0, 0.1) is 18.3 Å². The predicted molar refractivity (Wildman–Crippen MR) is 98.4 cm³/mol. The number of esters is 1. The molecule has 0 fully saturated rings. The molecule has 3 aromatic heterocycles. The Labute approximate surface area is 155 Å². The minimum Gasteiger partial charge on any atom is -0.462 e. The molecule has 1 N–H and O–H groups in total. The third-order valence-electron chi connectivity index (χ3n) is 3.92. The average molecular weight is 363 g/mol. The van der Waals surface area contributed by atoms with E-state index < -0.39 is 11.5 Å². The van der Waals surface area contributed by atoms with Gasteiger partial charge in [-0.3, -0.25) is 19.2 Å². The van der Waals surface area contributed by atoms with Crippen LogP contribution in [0.4, 0.5) is 5.69 Å². The second kappa shape index (κ2) is 7.66. The highest BCUT2D eigenvalue weighted by molar-refractivity contribution is 6.04. The van der Waals surface area contributed by atoms with Crippen LogP contribution >= 0.6 is 0 Å². The van der Waals surface area contributed by atoms with E-state index in [0.717, 1.165) is 5.69 Å². The summed E-state index contributed by atoms with van der Waals surface area (Å²) >= 11 is 0. The van der Waals surface area contributed by atoms with Crippen LogP contribution in [0.2, 0.25) is 0 Å². The van der Waals surface area contributed by atoms with Crippen molar-refractivity contribution in [1.29, 1.82) is 5.26 Å². The third-order valence-corrected chi connectivity index (χ3v) is 3.92. The Morgan fingerprint density at radius 1 is 1.33 bits per heavy atom. The Morgan fingerprint density at radius 3 is 2.81 bits per heavy atom. The van der Waals surface area contributed by atoms with Crippen LogP contribution in [-0.4, -0.2) is 26.9 Å². The molecular formula is C19H17N5O3. The summed E-state index contributed by atoms with van der Waals surface area (Å²) in [5.74, 6) is -0.616. The fraction of sp³-hybridized carbons (Fsp3) is 0.211. The van der Waals surface area contributed by atoms with E-state index in [1.807, 2.05) is 13.0 Å². The number of rotatable bonds is 5. The number of anilines is 1. The van der Waals surface area contributed by atoms with Crippen molar-refractivity contribution in [3.63, 3.8) is 0 Å². The summed E-state index contributed by atoms with van der Waals surface area (Å²) in [7, 11) is 0. The maximum absolute atomic E-state index is 12.7. The summed E-state index contributed by atoms with van der Waals surface area (Å²) in [6, 6.07) is 6.89. The lowest BCUT2D eigenvalue weighted by atomic mass is 10.1.